The number of hydrogen-bond donors (Lipinski definition) is 7. The number of carbonyl (C=O) groups is 3. The van der Waals surface area contributed by atoms with Gasteiger partial charge in [-0.15, -0.1) is 0 Å². The molecular weight excluding hydrogens is 432 g/mol. The van der Waals surface area contributed by atoms with Crippen molar-refractivity contribution in [3.8, 4) is 0 Å². The van der Waals surface area contributed by atoms with Crippen molar-refractivity contribution in [1.29, 1.82) is 0 Å². The number of carboxylic acid groups (broad SMARTS) is 1. The fraction of sp³-hybridized carbons (Fsp3) is 0.167. The van der Waals surface area contributed by atoms with Gasteiger partial charge in [0.15, 0.2) is 0 Å². The predicted octanol–water partition coefficient (Wildman–Crippen LogP) is -2.67. The van der Waals surface area contributed by atoms with E-state index in [4.69, 9.17) is 20.1 Å². The van der Waals surface area contributed by atoms with Crippen LogP contribution in [-0.4, -0.2) is 69.8 Å². The average molecular weight is 450 g/mol. The van der Waals surface area contributed by atoms with E-state index in [1.165, 1.54) is 0 Å². The van der Waals surface area contributed by atoms with E-state index in [2.05, 4.69) is 10.6 Å². The Labute approximate surface area is 180 Å². The van der Waals surface area contributed by atoms with Crippen LogP contribution >= 0.6 is 0 Å². The van der Waals surface area contributed by atoms with Gasteiger partial charge in [0.1, 0.15) is 17.7 Å². The first-order valence-electron chi connectivity index (χ1n) is 9.14. The Bertz CT molecular complexity index is 1020. The standard InChI is InChI=1S/C18H18B2F2N2O8/c21-13-7-9(1-3-11(13)19(29)30)16(25)23-6-5-15(18(27)28)24-17(26)10-2-4-12(20(31)32)14(22)8-10/h1-4,7-8,15,29-32H,5-6H2,(H,23,25)(H,24,26)(H,27,28)/t15-/m0/s1. The molecule has 0 radical (unpaired) electrons. The van der Waals surface area contributed by atoms with E-state index in [9.17, 15) is 28.3 Å². The molecule has 2 amide bonds. The maximum absolute atomic E-state index is 13.8. The van der Waals surface area contributed by atoms with Crippen LogP contribution in [-0.2, 0) is 4.79 Å². The van der Waals surface area contributed by atoms with Gasteiger partial charge in [0, 0.05) is 28.6 Å². The number of carbonyl (C=O) groups excluding carboxylic acids is 2. The second kappa shape index (κ2) is 10.8. The molecule has 0 bridgehead atoms. The average Bonchev–Trinajstić information content (AvgIpc) is 2.71. The monoisotopic (exact) mass is 450 g/mol. The number of rotatable bonds is 9. The van der Waals surface area contributed by atoms with Crippen molar-refractivity contribution in [2.24, 2.45) is 0 Å². The number of nitrogens with one attached hydrogen (secondary N) is 2. The summed E-state index contributed by atoms with van der Waals surface area (Å²) in [6.45, 7) is -0.230. The van der Waals surface area contributed by atoms with E-state index in [1.54, 1.807) is 0 Å². The first-order valence-corrected chi connectivity index (χ1v) is 9.14. The van der Waals surface area contributed by atoms with Crippen molar-refractivity contribution < 1.29 is 48.4 Å². The zero-order valence-corrected chi connectivity index (χ0v) is 16.3. The quantitative estimate of drug-likeness (QED) is 0.203. The molecule has 0 fully saturated rings. The second-order valence-corrected chi connectivity index (χ2v) is 6.63. The van der Waals surface area contributed by atoms with Crippen LogP contribution in [0.25, 0.3) is 0 Å². The van der Waals surface area contributed by atoms with Crippen LogP contribution in [0.2, 0.25) is 0 Å². The molecule has 0 heterocycles. The van der Waals surface area contributed by atoms with Gasteiger partial charge >= 0.3 is 20.2 Å². The van der Waals surface area contributed by atoms with E-state index >= 15 is 0 Å². The molecule has 2 aromatic rings. The summed E-state index contributed by atoms with van der Waals surface area (Å²) in [5, 5.41) is 49.7. The number of halogens is 2. The lowest BCUT2D eigenvalue weighted by atomic mass is 9.79. The smallest absolute Gasteiger partial charge is 0.480 e. The third kappa shape index (κ3) is 6.34. The molecule has 0 unspecified atom stereocenters. The minimum atomic E-state index is -2.08. The van der Waals surface area contributed by atoms with Gasteiger partial charge in [-0.2, -0.15) is 0 Å². The number of carboxylic acids is 1. The first kappa shape index (κ1) is 24.9. The Hall–Kier alpha value is -3.32. The fourth-order valence-electron chi connectivity index (χ4n) is 2.69. The Balaban J connectivity index is 1.97. The summed E-state index contributed by atoms with van der Waals surface area (Å²) >= 11 is 0. The molecule has 0 aliphatic carbocycles. The molecule has 168 valence electrons. The van der Waals surface area contributed by atoms with Crippen LogP contribution in [0.3, 0.4) is 0 Å². The minimum absolute atomic E-state index is 0.149. The third-order valence-electron chi connectivity index (χ3n) is 4.40. The molecule has 10 nitrogen and oxygen atoms in total. The van der Waals surface area contributed by atoms with Crippen LogP contribution in [0.5, 0.6) is 0 Å². The Morgan fingerprint density at radius 2 is 1.31 bits per heavy atom. The maximum Gasteiger partial charge on any atom is 0.491 e. The van der Waals surface area contributed by atoms with Crippen molar-refractivity contribution in [2.45, 2.75) is 12.5 Å². The van der Waals surface area contributed by atoms with E-state index in [-0.39, 0.29) is 24.1 Å². The highest BCUT2D eigenvalue weighted by Crippen LogP contribution is 2.05. The molecule has 1 atom stereocenters. The highest BCUT2D eigenvalue weighted by molar-refractivity contribution is 6.59. The van der Waals surface area contributed by atoms with Gasteiger partial charge in [-0.3, -0.25) is 9.59 Å². The molecule has 14 heteroatoms. The lowest BCUT2D eigenvalue weighted by Gasteiger charge is -2.15. The summed E-state index contributed by atoms with van der Waals surface area (Å²) in [4.78, 5) is 35.7. The van der Waals surface area contributed by atoms with Gasteiger partial charge < -0.3 is 35.8 Å². The van der Waals surface area contributed by atoms with Crippen LogP contribution in [0.15, 0.2) is 36.4 Å². The molecule has 0 aliphatic rings. The lowest BCUT2D eigenvalue weighted by Crippen LogP contribution is -2.43. The van der Waals surface area contributed by atoms with Crippen LogP contribution in [0.4, 0.5) is 8.78 Å². The van der Waals surface area contributed by atoms with Gasteiger partial charge in [-0.1, -0.05) is 12.1 Å². The number of benzene rings is 2. The fourth-order valence-corrected chi connectivity index (χ4v) is 2.69. The van der Waals surface area contributed by atoms with Crippen LogP contribution in [0, 0.1) is 11.6 Å². The first-order chi connectivity index (χ1) is 15.0. The Morgan fingerprint density at radius 1 is 0.844 bits per heavy atom. The Morgan fingerprint density at radius 3 is 1.72 bits per heavy atom. The number of amides is 2. The molecule has 0 aromatic heterocycles. The molecule has 0 spiro atoms. The van der Waals surface area contributed by atoms with Crippen LogP contribution < -0.4 is 21.6 Å². The summed E-state index contributed by atoms with van der Waals surface area (Å²) in [5.74, 6) is -5.22. The zero-order valence-electron chi connectivity index (χ0n) is 16.3. The van der Waals surface area contributed by atoms with Crippen molar-refractivity contribution >= 4 is 42.9 Å². The molecule has 0 aliphatic heterocycles. The van der Waals surface area contributed by atoms with Gasteiger partial charge in [0.05, 0.1) is 0 Å². The molecule has 0 saturated carbocycles. The third-order valence-corrected chi connectivity index (χ3v) is 4.40. The van der Waals surface area contributed by atoms with E-state index in [0.29, 0.717) is 6.07 Å². The normalized spacial score (nSPS) is 11.4. The lowest BCUT2D eigenvalue weighted by molar-refractivity contribution is -0.139. The largest absolute Gasteiger partial charge is 0.491 e. The zero-order chi connectivity index (χ0) is 24.0. The van der Waals surface area contributed by atoms with Crippen molar-refractivity contribution in [2.75, 3.05) is 6.54 Å². The highest BCUT2D eigenvalue weighted by atomic mass is 19.1. The Kier molecular flexibility index (Phi) is 8.43. The predicted molar refractivity (Wildman–Crippen MR) is 108 cm³/mol. The topological polar surface area (TPSA) is 176 Å². The minimum Gasteiger partial charge on any atom is -0.480 e. The molecule has 0 saturated heterocycles. The van der Waals surface area contributed by atoms with E-state index in [0.717, 1.165) is 30.3 Å². The summed E-state index contributed by atoms with van der Waals surface area (Å²) in [5.41, 5.74) is -1.29. The van der Waals surface area contributed by atoms with Crippen molar-refractivity contribution in [3.63, 3.8) is 0 Å². The number of aliphatic carboxylic acids is 1. The summed E-state index contributed by atoms with van der Waals surface area (Å²) < 4.78 is 27.5. The molecule has 2 aromatic carbocycles. The SMILES string of the molecule is O=C(NCC[C@H](NC(=O)c1ccc(B(O)O)c(F)c1)C(=O)O)c1ccc(B(O)O)c(F)c1. The van der Waals surface area contributed by atoms with Gasteiger partial charge in [0.2, 0.25) is 0 Å². The summed E-state index contributed by atoms with van der Waals surface area (Å²) in [6.07, 6.45) is -0.265. The van der Waals surface area contributed by atoms with E-state index in [1.807, 2.05) is 0 Å². The van der Waals surface area contributed by atoms with E-state index < -0.39 is 60.6 Å². The number of hydrogen-bond acceptors (Lipinski definition) is 7. The van der Waals surface area contributed by atoms with Crippen molar-refractivity contribution in [1.82, 2.24) is 10.6 Å². The molecular formula is C18H18B2F2N2O8. The molecule has 32 heavy (non-hydrogen) atoms. The summed E-state index contributed by atoms with van der Waals surface area (Å²) in [6, 6.07) is 4.23. The van der Waals surface area contributed by atoms with Crippen molar-refractivity contribution in [3.05, 3.63) is 59.2 Å². The second-order valence-electron chi connectivity index (χ2n) is 6.63. The van der Waals surface area contributed by atoms with Crippen LogP contribution in [0.1, 0.15) is 27.1 Å². The maximum atomic E-state index is 13.8. The molecule has 7 N–H and O–H groups in total. The van der Waals surface area contributed by atoms with Gasteiger partial charge in [0.25, 0.3) is 11.8 Å². The van der Waals surface area contributed by atoms with Gasteiger partial charge in [-0.05, 0) is 30.7 Å². The van der Waals surface area contributed by atoms with Gasteiger partial charge in [-0.25, -0.2) is 13.6 Å². The molecule has 2 rings (SSSR count). The highest BCUT2D eigenvalue weighted by Gasteiger charge is 2.23. The summed E-state index contributed by atoms with van der Waals surface area (Å²) in [7, 11) is -4.13.